The lowest BCUT2D eigenvalue weighted by Crippen LogP contribution is -2.50. The average Bonchev–Trinajstić information content (AvgIpc) is 2.39. The van der Waals surface area contributed by atoms with Crippen molar-refractivity contribution in [3.8, 4) is 0 Å². The van der Waals surface area contributed by atoms with E-state index in [4.69, 9.17) is 11.6 Å². The smallest absolute Gasteiger partial charge is 0.132 e. The third-order valence-electron chi connectivity index (χ3n) is 3.69. The molecule has 0 bridgehead atoms. The molecule has 0 radical (unpaired) electrons. The fourth-order valence-corrected chi connectivity index (χ4v) is 2.76. The number of aliphatic hydroxyl groups excluding tert-OH is 1. The molecule has 19 heavy (non-hydrogen) atoms. The third kappa shape index (κ3) is 3.26. The summed E-state index contributed by atoms with van der Waals surface area (Å²) in [4.78, 5) is 1.93. The zero-order valence-electron chi connectivity index (χ0n) is 11.0. The number of piperidine rings is 1. The number of halogens is 2. The van der Waals surface area contributed by atoms with Crippen LogP contribution in [-0.4, -0.2) is 40.4 Å². The number of aryl methyl sites for hydroxylation is 1. The van der Waals surface area contributed by atoms with Crippen LogP contribution in [-0.2, 0) is 6.54 Å². The highest BCUT2D eigenvalue weighted by molar-refractivity contribution is 6.31. The highest BCUT2D eigenvalue weighted by Crippen LogP contribution is 2.27. The number of hydrogen-bond donors (Lipinski definition) is 2. The Hall–Kier alpha value is -0.680. The number of β-amino-alcohol motifs (C(OH)–C–C–N with tert-alkyl or cyclic N) is 1. The second-order valence-corrected chi connectivity index (χ2v) is 5.76. The lowest BCUT2D eigenvalue weighted by molar-refractivity contribution is -0.0688. The summed E-state index contributed by atoms with van der Waals surface area (Å²) in [6, 6.07) is 3.35. The van der Waals surface area contributed by atoms with Crippen LogP contribution in [0.5, 0.6) is 0 Å². The van der Waals surface area contributed by atoms with Crippen molar-refractivity contribution in [2.75, 3.05) is 19.7 Å². The lowest BCUT2D eigenvalue weighted by atomic mass is 9.93. The molecule has 0 aromatic heterocycles. The van der Waals surface area contributed by atoms with Crippen LogP contribution in [0.25, 0.3) is 0 Å². The van der Waals surface area contributed by atoms with E-state index in [2.05, 4.69) is 0 Å². The third-order valence-corrected chi connectivity index (χ3v) is 4.04. The van der Waals surface area contributed by atoms with Gasteiger partial charge in [-0.3, -0.25) is 4.90 Å². The molecular formula is C14H19ClFNO2. The number of rotatable bonds is 3. The van der Waals surface area contributed by atoms with E-state index >= 15 is 0 Å². The van der Waals surface area contributed by atoms with Crippen molar-refractivity contribution < 1.29 is 14.6 Å². The van der Waals surface area contributed by atoms with Gasteiger partial charge in [-0.2, -0.15) is 0 Å². The minimum atomic E-state index is -1.08. The zero-order valence-corrected chi connectivity index (χ0v) is 11.8. The highest BCUT2D eigenvalue weighted by Gasteiger charge is 2.33. The highest BCUT2D eigenvalue weighted by atomic mass is 35.5. The molecule has 1 aromatic carbocycles. The molecule has 2 N–H and O–H groups in total. The van der Waals surface area contributed by atoms with Gasteiger partial charge < -0.3 is 10.2 Å². The molecule has 5 heteroatoms. The monoisotopic (exact) mass is 287 g/mol. The van der Waals surface area contributed by atoms with Gasteiger partial charge in [-0.1, -0.05) is 17.7 Å². The molecule has 1 fully saturated rings. The van der Waals surface area contributed by atoms with Crippen LogP contribution in [0.1, 0.15) is 24.0 Å². The Morgan fingerprint density at radius 2 is 2.21 bits per heavy atom. The molecule has 1 aliphatic heterocycles. The fraction of sp³-hybridized carbons (Fsp3) is 0.571. The van der Waals surface area contributed by atoms with E-state index in [1.807, 2.05) is 4.90 Å². The number of hydrogen-bond acceptors (Lipinski definition) is 3. The molecule has 0 aliphatic carbocycles. The Balaban J connectivity index is 2.15. The molecule has 3 nitrogen and oxygen atoms in total. The molecular weight excluding hydrogens is 269 g/mol. The number of likely N-dealkylation sites (tertiary alicyclic amines) is 1. The molecule has 1 aromatic rings. The zero-order chi connectivity index (χ0) is 14.0. The van der Waals surface area contributed by atoms with E-state index in [-0.39, 0.29) is 12.4 Å². The molecule has 2 rings (SSSR count). The first-order chi connectivity index (χ1) is 8.95. The largest absolute Gasteiger partial charge is 0.393 e. The van der Waals surface area contributed by atoms with Crippen molar-refractivity contribution in [1.82, 2.24) is 4.90 Å². The predicted molar refractivity (Wildman–Crippen MR) is 72.7 cm³/mol. The summed E-state index contributed by atoms with van der Waals surface area (Å²) in [5, 5.41) is 19.7. The fourth-order valence-electron chi connectivity index (χ4n) is 2.55. The number of aliphatic hydroxyl groups is 2. The second kappa shape index (κ2) is 5.75. The van der Waals surface area contributed by atoms with Gasteiger partial charge in [0, 0.05) is 23.7 Å². The molecule has 1 atom stereocenters. The van der Waals surface area contributed by atoms with E-state index in [1.54, 1.807) is 19.1 Å². The van der Waals surface area contributed by atoms with Gasteiger partial charge in [0.05, 0.1) is 6.61 Å². The van der Waals surface area contributed by atoms with Gasteiger partial charge in [0.15, 0.2) is 0 Å². The first kappa shape index (κ1) is 14.7. The van der Waals surface area contributed by atoms with Gasteiger partial charge in [0.1, 0.15) is 11.4 Å². The van der Waals surface area contributed by atoms with Crippen molar-refractivity contribution >= 4 is 11.6 Å². The Bertz CT molecular complexity index is 469. The Morgan fingerprint density at radius 3 is 2.89 bits per heavy atom. The summed E-state index contributed by atoms with van der Waals surface area (Å²) in [6.45, 7) is 2.90. The van der Waals surface area contributed by atoms with Crippen LogP contribution in [0, 0.1) is 12.7 Å². The molecule has 0 unspecified atom stereocenters. The second-order valence-electron chi connectivity index (χ2n) is 5.35. The van der Waals surface area contributed by atoms with Gasteiger partial charge in [-0.25, -0.2) is 4.39 Å². The molecule has 1 heterocycles. The van der Waals surface area contributed by atoms with E-state index in [0.717, 1.165) is 13.0 Å². The lowest BCUT2D eigenvalue weighted by Gasteiger charge is -2.38. The minimum Gasteiger partial charge on any atom is -0.393 e. The van der Waals surface area contributed by atoms with E-state index in [0.29, 0.717) is 35.7 Å². The maximum atomic E-state index is 14.1. The normalized spacial score (nSPS) is 24.7. The van der Waals surface area contributed by atoms with Crippen molar-refractivity contribution in [3.05, 3.63) is 34.1 Å². The Labute approximate surface area is 117 Å². The van der Waals surface area contributed by atoms with Crippen molar-refractivity contribution in [2.45, 2.75) is 31.9 Å². The van der Waals surface area contributed by atoms with Crippen LogP contribution >= 0.6 is 11.6 Å². The van der Waals surface area contributed by atoms with Crippen molar-refractivity contribution in [3.63, 3.8) is 0 Å². The summed E-state index contributed by atoms with van der Waals surface area (Å²) in [5.41, 5.74) is -0.0527. The molecule has 1 saturated heterocycles. The SMILES string of the molecule is Cc1ccc(Cl)c(CN2CCC[C@](O)(CO)C2)c1F. The van der Waals surface area contributed by atoms with Crippen LogP contribution in [0.2, 0.25) is 5.02 Å². The number of nitrogens with zero attached hydrogens (tertiary/aromatic N) is 1. The van der Waals surface area contributed by atoms with Crippen molar-refractivity contribution in [2.24, 2.45) is 0 Å². The maximum absolute atomic E-state index is 14.1. The van der Waals surface area contributed by atoms with Crippen molar-refractivity contribution in [1.29, 1.82) is 0 Å². The summed E-state index contributed by atoms with van der Waals surface area (Å²) >= 11 is 6.05. The van der Waals surface area contributed by atoms with Crippen LogP contribution in [0.4, 0.5) is 4.39 Å². The maximum Gasteiger partial charge on any atom is 0.132 e. The van der Waals surface area contributed by atoms with E-state index < -0.39 is 5.60 Å². The summed E-state index contributed by atoms with van der Waals surface area (Å²) in [5.74, 6) is -0.286. The van der Waals surface area contributed by atoms with Crippen LogP contribution < -0.4 is 0 Å². The Kier molecular flexibility index (Phi) is 4.46. The van der Waals surface area contributed by atoms with Crippen LogP contribution in [0.3, 0.4) is 0 Å². The first-order valence-electron chi connectivity index (χ1n) is 6.44. The van der Waals surface area contributed by atoms with Gasteiger partial charge in [0.25, 0.3) is 0 Å². The summed E-state index contributed by atoms with van der Waals surface area (Å²) in [6.07, 6.45) is 1.35. The topological polar surface area (TPSA) is 43.7 Å². The van der Waals surface area contributed by atoms with Gasteiger partial charge in [-0.15, -0.1) is 0 Å². The minimum absolute atomic E-state index is 0.270. The standard InChI is InChI=1S/C14H19ClFNO2/c1-10-3-4-12(15)11(13(10)16)7-17-6-2-5-14(19,8-17)9-18/h3-4,18-19H,2,5-9H2,1H3/t14-/m1/s1. The van der Waals surface area contributed by atoms with Gasteiger partial charge in [0.2, 0.25) is 0 Å². The first-order valence-corrected chi connectivity index (χ1v) is 6.82. The average molecular weight is 288 g/mol. The summed E-state index contributed by atoms with van der Waals surface area (Å²) in [7, 11) is 0. The molecule has 0 amide bonds. The quantitative estimate of drug-likeness (QED) is 0.895. The van der Waals surface area contributed by atoms with Gasteiger partial charge >= 0.3 is 0 Å². The van der Waals surface area contributed by atoms with E-state index in [9.17, 15) is 14.6 Å². The van der Waals surface area contributed by atoms with Crippen LogP contribution in [0.15, 0.2) is 12.1 Å². The summed E-state index contributed by atoms with van der Waals surface area (Å²) < 4.78 is 14.1. The Morgan fingerprint density at radius 1 is 1.47 bits per heavy atom. The number of benzene rings is 1. The predicted octanol–water partition coefficient (Wildman–Crippen LogP) is 2.11. The molecule has 1 aliphatic rings. The molecule has 0 saturated carbocycles. The van der Waals surface area contributed by atoms with Gasteiger partial charge in [-0.05, 0) is 37.9 Å². The molecule has 0 spiro atoms. The molecule has 106 valence electrons. The van der Waals surface area contributed by atoms with E-state index in [1.165, 1.54) is 0 Å².